The maximum atomic E-state index is 8.78. The second-order valence-electron chi connectivity index (χ2n) is 2.26. The molecule has 0 saturated heterocycles. The number of benzene rings is 1. The van der Waals surface area contributed by atoms with E-state index < -0.39 is 6.23 Å². The molecule has 10 heavy (non-hydrogen) atoms. The Labute approximate surface area is 60.3 Å². The molecule has 0 aliphatic carbocycles. The smallest absolute Gasteiger partial charge is 0.106 e. The zero-order chi connectivity index (χ0) is 7.40. The predicted molar refractivity (Wildman–Crippen MR) is 40.3 cm³/mol. The molecular weight excluding hydrogens is 126 g/mol. The summed E-state index contributed by atoms with van der Waals surface area (Å²) in [5, 5.41) is 8.78. The van der Waals surface area contributed by atoms with Crippen LogP contribution in [0.3, 0.4) is 0 Å². The van der Waals surface area contributed by atoms with Crippen LogP contribution in [-0.4, -0.2) is 11.3 Å². The summed E-state index contributed by atoms with van der Waals surface area (Å²) in [5.41, 5.74) is 6.25. The molecule has 2 nitrogen and oxygen atoms in total. The summed E-state index contributed by atoms with van der Waals surface area (Å²) in [5.74, 6) is 0. The zero-order valence-electron chi connectivity index (χ0n) is 5.70. The van der Waals surface area contributed by atoms with Gasteiger partial charge in [-0.05, 0) is 5.56 Å². The quantitative estimate of drug-likeness (QED) is 0.583. The average Bonchev–Trinajstić information content (AvgIpc) is 1.88. The first-order chi connectivity index (χ1) is 4.79. The molecule has 0 saturated carbocycles. The normalized spacial score (nSPS) is 13.0. The van der Waals surface area contributed by atoms with E-state index in [0.29, 0.717) is 6.42 Å². The monoisotopic (exact) mass is 137 g/mol. The number of nitrogens with two attached hydrogens (primary N) is 1. The maximum absolute atomic E-state index is 8.78. The van der Waals surface area contributed by atoms with E-state index in [1.54, 1.807) is 0 Å². The van der Waals surface area contributed by atoms with Gasteiger partial charge in [-0.15, -0.1) is 0 Å². The van der Waals surface area contributed by atoms with Gasteiger partial charge in [0.25, 0.3) is 0 Å². The number of rotatable bonds is 2. The number of aliphatic hydroxyl groups is 1. The van der Waals surface area contributed by atoms with Crippen molar-refractivity contribution in [3.63, 3.8) is 0 Å². The Morgan fingerprint density at radius 2 is 1.90 bits per heavy atom. The van der Waals surface area contributed by atoms with E-state index in [9.17, 15) is 0 Å². The van der Waals surface area contributed by atoms with Gasteiger partial charge in [0.05, 0.1) is 0 Å². The number of hydrogen-bond acceptors (Lipinski definition) is 2. The summed E-state index contributed by atoms with van der Waals surface area (Å²) in [6, 6.07) is 9.67. The van der Waals surface area contributed by atoms with Gasteiger partial charge < -0.3 is 10.8 Å². The Kier molecular flexibility index (Phi) is 2.42. The Morgan fingerprint density at radius 1 is 1.30 bits per heavy atom. The lowest BCUT2D eigenvalue weighted by Crippen LogP contribution is -2.21. The minimum atomic E-state index is -0.734. The topological polar surface area (TPSA) is 46.2 Å². The van der Waals surface area contributed by atoms with E-state index in [2.05, 4.69) is 0 Å². The van der Waals surface area contributed by atoms with Crippen molar-refractivity contribution >= 4 is 0 Å². The fraction of sp³-hybridized carbons (Fsp3) is 0.250. The summed E-state index contributed by atoms with van der Waals surface area (Å²) in [6.07, 6.45) is -0.205. The Bertz CT molecular complexity index is 184. The standard InChI is InChI=1S/C8H11NO/c9-8(10)6-7-4-2-1-3-5-7/h1-5,8,10H,6,9H2. The molecule has 0 heterocycles. The van der Waals surface area contributed by atoms with Crippen LogP contribution in [0.1, 0.15) is 5.56 Å². The van der Waals surface area contributed by atoms with E-state index in [0.717, 1.165) is 5.56 Å². The molecule has 3 N–H and O–H groups in total. The van der Waals surface area contributed by atoms with Crippen molar-refractivity contribution in [1.82, 2.24) is 0 Å². The van der Waals surface area contributed by atoms with Crippen molar-refractivity contribution in [3.8, 4) is 0 Å². The highest BCUT2D eigenvalue weighted by molar-refractivity contribution is 5.14. The molecule has 0 amide bonds. The summed E-state index contributed by atoms with van der Waals surface area (Å²) < 4.78 is 0. The molecular formula is C8H11NO. The molecule has 0 spiro atoms. The van der Waals surface area contributed by atoms with Crippen molar-refractivity contribution in [2.45, 2.75) is 12.6 Å². The molecule has 0 fully saturated rings. The van der Waals surface area contributed by atoms with Gasteiger partial charge in [-0.3, -0.25) is 0 Å². The van der Waals surface area contributed by atoms with E-state index in [-0.39, 0.29) is 0 Å². The fourth-order valence-corrected chi connectivity index (χ4v) is 0.856. The second-order valence-corrected chi connectivity index (χ2v) is 2.26. The summed E-state index contributed by atoms with van der Waals surface area (Å²) in [7, 11) is 0. The van der Waals surface area contributed by atoms with E-state index in [1.165, 1.54) is 0 Å². The van der Waals surface area contributed by atoms with E-state index in [1.807, 2.05) is 30.3 Å². The molecule has 1 atom stereocenters. The number of aliphatic hydroxyl groups excluding tert-OH is 1. The minimum absolute atomic E-state index is 0.529. The maximum Gasteiger partial charge on any atom is 0.106 e. The summed E-state index contributed by atoms with van der Waals surface area (Å²) >= 11 is 0. The number of hydrogen-bond donors (Lipinski definition) is 2. The lowest BCUT2D eigenvalue weighted by molar-refractivity contribution is 0.183. The Hall–Kier alpha value is -0.860. The van der Waals surface area contributed by atoms with Crippen molar-refractivity contribution in [3.05, 3.63) is 35.9 Å². The van der Waals surface area contributed by atoms with Gasteiger partial charge in [0.1, 0.15) is 6.23 Å². The van der Waals surface area contributed by atoms with Crippen LogP contribution in [0.25, 0.3) is 0 Å². The van der Waals surface area contributed by atoms with Gasteiger partial charge in [0.15, 0.2) is 0 Å². The molecule has 2 heteroatoms. The van der Waals surface area contributed by atoms with Gasteiger partial charge >= 0.3 is 0 Å². The zero-order valence-corrected chi connectivity index (χ0v) is 5.70. The van der Waals surface area contributed by atoms with E-state index >= 15 is 0 Å². The SMILES string of the molecule is NC(O)Cc1ccccc1. The van der Waals surface area contributed by atoms with Crippen molar-refractivity contribution in [2.75, 3.05) is 0 Å². The highest BCUT2D eigenvalue weighted by Gasteiger charge is 1.95. The van der Waals surface area contributed by atoms with Gasteiger partial charge in [-0.25, -0.2) is 0 Å². The van der Waals surface area contributed by atoms with Crippen LogP contribution >= 0.6 is 0 Å². The summed E-state index contributed by atoms with van der Waals surface area (Å²) in [6.45, 7) is 0. The first-order valence-corrected chi connectivity index (χ1v) is 3.26. The minimum Gasteiger partial charge on any atom is -0.378 e. The molecule has 1 rings (SSSR count). The molecule has 0 radical (unpaired) electrons. The van der Waals surface area contributed by atoms with E-state index in [4.69, 9.17) is 10.8 Å². The second kappa shape index (κ2) is 3.34. The van der Waals surface area contributed by atoms with Crippen LogP contribution in [-0.2, 0) is 6.42 Å². The lowest BCUT2D eigenvalue weighted by atomic mass is 10.1. The van der Waals surface area contributed by atoms with Crippen molar-refractivity contribution < 1.29 is 5.11 Å². The van der Waals surface area contributed by atoms with Crippen LogP contribution in [0.5, 0.6) is 0 Å². The largest absolute Gasteiger partial charge is 0.378 e. The van der Waals surface area contributed by atoms with Crippen LogP contribution in [0.4, 0.5) is 0 Å². The summed E-state index contributed by atoms with van der Waals surface area (Å²) in [4.78, 5) is 0. The molecule has 1 aromatic rings. The highest BCUT2D eigenvalue weighted by atomic mass is 16.3. The first kappa shape index (κ1) is 7.25. The average molecular weight is 137 g/mol. The van der Waals surface area contributed by atoms with Crippen LogP contribution in [0.15, 0.2) is 30.3 Å². The predicted octanol–water partition coefficient (Wildman–Crippen LogP) is 0.506. The third kappa shape index (κ3) is 2.17. The highest BCUT2D eigenvalue weighted by Crippen LogP contribution is 1.99. The first-order valence-electron chi connectivity index (χ1n) is 3.26. The molecule has 1 aromatic carbocycles. The van der Waals surface area contributed by atoms with Gasteiger partial charge in [-0.2, -0.15) is 0 Å². The third-order valence-electron chi connectivity index (χ3n) is 1.29. The van der Waals surface area contributed by atoms with Crippen LogP contribution in [0, 0.1) is 0 Å². The molecule has 54 valence electrons. The third-order valence-corrected chi connectivity index (χ3v) is 1.29. The Balaban J connectivity index is 2.59. The molecule has 0 aliphatic heterocycles. The van der Waals surface area contributed by atoms with Gasteiger partial charge in [0.2, 0.25) is 0 Å². The molecule has 0 bridgehead atoms. The van der Waals surface area contributed by atoms with Crippen LogP contribution in [0.2, 0.25) is 0 Å². The molecule has 0 aliphatic rings. The molecule has 1 unspecified atom stereocenters. The van der Waals surface area contributed by atoms with Gasteiger partial charge in [-0.1, -0.05) is 30.3 Å². The lowest BCUT2D eigenvalue weighted by Gasteiger charge is -2.02. The molecule has 0 aromatic heterocycles. The van der Waals surface area contributed by atoms with Crippen molar-refractivity contribution in [1.29, 1.82) is 0 Å². The van der Waals surface area contributed by atoms with Crippen LogP contribution < -0.4 is 5.73 Å². The Morgan fingerprint density at radius 3 is 2.40 bits per heavy atom. The fourth-order valence-electron chi connectivity index (χ4n) is 0.856. The van der Waals surface area contributed by atoms with Crippen molar-refractivity contribution in [2.24, 2.45) is 5.73 Å². The van der Waals surface area contributed by atoms with Gasteiger partial charge in [0, 0.05) is 6.42 Å².